The molecule has 148 valence electrons. The lowest BCUT2D eigenvalue weighted by Gasteiger charge is -2.10. The van der Waals surface area contributed by atoms with Crippen LogP contribution < -0.4 is 9.46 Å². The number of aromatic nitrogens is 3. The van der Waals surface area contributed by atoms with Gasteiger partial charge < -0.3 is 4.74 Å². The molecule has 2 heterocycles. The molecule has 0 saturated carbocycles. The summed E-state index contributed by atoms with van der Waals surface area (Å²) in [5.74, 6) is -0.495. The highest BCUT2D eigenvalue weighted by molar-refractivity contribution is 7.89. The highest BCUT2D eigenvalue weighted by Crippen LogP contribution is 2.23. The molecule has 0 bridgehead atoms. The number of benzene rings is 1. The number of hydrogen-bond donors (Lipinski definition) is 1. The van der Waals surface area contributed by atoms with Crippen LogP contribution in [0.3, 0.4) is 0 Å². The lowest BCUT2D eigenvalue weighted by molar-refractivity contribution is -0.274. The number of nitrogens with one attached hydrogen (secondary N) is 1. The maximum absolute atomic E-state index is 12.2. The van der Waals surface area contributed by atoms with E-state index in [1.807, 2.05) is 6.07 Å². The maximum Gasteiger partial charge on any atom is 0.573 e. The minimum Gasteiger partial charge on any atom is -0.406 e. The Kier molecular flexibility index (Phi) is 5.66. The summed E-state index contributed by atoms with van der Waals surface area (Å²) in [7, 11) is -3.87. The fourth-order valence-electron chi connectivity index (χ4n) is 2.37. The highest BCUT2D eigenvalue weighted by atomic mass is 32.2. The predicted molar refractivity (Wildman–Crippen MR) is 93.8 cm³/mol. The van der Waals surface area contributed by atoms with Gasteiger partial charge in [0, 0.05) is 36.3 Å². The summed E-state index contributed by atoms with van der Waals surface area (Å²) >= 11 is 0. The second-order valence-corrected chi connectivity index (χ2v) is 7.42. The third kappa shape index (κ3) is 5.30. The molecule has 0 fully saturated rings. The second-order valence-electron chi connectivity index (χ2n) is 5.65. The maximum atomic E-state index is 12.2. The van der Waals surface area contributed by atoms with Gasteiger partial charge in [0.05, 0.1) is 17.6 Å². The number of pyridine rings is 1. The van der Waals surface area contributed by atoms with Gasteiger partial charge in [-0.2, -0.15) is 5.10 Å². The lowest BCUT2D eigenvalue weighted by Crippen LogP contribution is -2.27. The van der Waals surface area contributed by atoms with Crippen molar-refractivity contribution in [3.8, 4) is 16.9 Å². The summed E-state index contributed by atoms with van der Waals surface area (Å²) in [5.41, 5.74) is 1.73. The molecule has 0 aliphatic heterocycles. The van der Waals surface area contributed by atoms with Crippen molar-refractivity contribution in [1.82, 2.24) is 19.5 Å². The first kappa shape index (κ1) is 19.8. The Hall–Kier alpha value is -2.92. The van der Waals surface area contributed by atoms with Crippen molar-refractivity contribution in [3.63, 3.8) is 0 Å². The number of nitrogens with zero attached hydrogens (tertiary/aromatic N) is 3. The van der Waals surface area contributed by atoms with Gasteiger partial charge in [-0.3, -0.25) is 9.67 Å². The summed E-state index contributed by atoms with van der Waals surface area (Å²) in [6.45, 7) is 0.325. The van der Waals surface area contributed by atoms with Crippen molar-refractivity contribution in [3.05, 3.63) is 61.2 Å². The molecule has 0 amide bonds. The van der Waals surface area contributed by atoms with E-state index in [0.29, 0.717) is 0 Å². The molecule has 7 nitrogen and oxygen atoms in total. The average Bonchev–Trinajstić information content (AvgIpc) is 3.10. The van der Waals surface area contributed by atoms with Gasteiger partial charge in [0.1, 0.15) is 5.75 Å². The third-order valence-corrected chi connectivity index (χ3v) is 5.11. The summed E-state index contributed by atoms with van der Waals surface area (Å²) in [6.07, 6.45) is 1.91. The van der Waals surface area contributed by atoms with Gasteiger partial charge in [-0.1, -0.05) is 6.07 Å². The van der Waals surface area contributed by atoms with Crippen LogP contribution in [0, 0.1) is 0 Å². The van der Waals surface area contributed by atoms with Crippen LogP contribution in [0.2, 0.25) is 0 Å². The number of hydrogen-bond acceptors (Lipinski definition) is 5. The minimum atomic E-state index is -4.84. The fraction of sp³-hybridized carbons (Fsp3) is 0.176. The monoisotopic (exact) mass is 412 g/mol. The van der Waals surface area contributed by atoms with Crippen LogP contribution in [0.25, 0.3) is 11.1 Å². The molecule has 0 unspecified atom stereocenters. The fourth-order valence-corrected chi connectivity index (χ4v) is 3.39. The second kappa shape index (κ2) is 7.98. The zero-order valence-electron chi connectivity index (χ0n) is 14.3. The molecule has 2 aromatic heterocycles. The molecule has 1 aromatic carbocycles. The van der Waals surface area contributed by atoms with Gasteiger partial charge in [-0.15, -0.1) is 13.2 Å². The summed E-state index contributed by atoms with van der Waals surface area (Å²) in [6, 6.07) is 7.64. The van der Waals surface area contributed by atoms with Crippen LogP contribution in [-0.4, -0.2) is 36.1 Å². The molecule has 0 atom stereocenters. The zero-order chi connectivity index (χ0) is 20.2. The van der Waals surface area contributed by atoms with E-state index in [2.05, 4.69) is 19.5 Å². The van der Waals surface area contributed by atoms with E-state index in [1.165, 1.54) is 0 Å². The number of alkyl halides is 3. The van der Waals surface area contributed by atoms with E-state index < -0.39 is 22.1 Å². The van der Waals surface area contributed by atoms with Gasteiger partial charge in [0.2, 0.25) is 10.0 Å². The number of rotatable bonds is 7. The molecule has 11 heteroatoms. The summed E-state index contributed by atoms with van der Waals surface area (Å²) in [4.78, 5) is 3.86. The van der Waals surface area contributed by atoms with E-state index >= 15 is 0 Å². The van der Waals surface area contributed by atoms with Crippen molar-refractivity contribution in [2.24, 2.45) is 0 Å². The summed E-state index contributed by atoms with van der Waals surface area (Å²) in [5, 5.41) is 4.16. The smallest absolute Gasteiger partial charge is 0.406 e. The van der Waals surface area contributed by atoms with Crippen LogP contribution in [0.5, 0.6) is 5.75 Å². The topological polar surface area (TPSA) is 86.1 Å². The van der Waals surface area contributed by atoms with E-state index in [1.54, 1.807) is 35.5 Å². The molecule has 0 spiro atoms. The van der Waals surface area contributed by atoms with Crippen LogP contribution in [0.15, 0.2) is 66.1 Å². The van der Waals surface area contributed by atoms with Gasteiger partial charge in [-0.25, -0.2) is 13.1 Å². The zero-order valence-corrected chi connectivity index (χ0v) is 15.1. The van der Waals surface area contributed by atoms with Gasteiger partial charge in [0.15, 0.2) is 0 Å². The quantitative estimate of drug-likeness (QED) is 0.645. The van der Waals surface area contributed by atoms with Crippen LogP contribution in [0.4, 0.5) is 13.2 Å². The number of ether oxygens (including phenoxy) is 1. The van der Waals surface area contributed by atoms with Crippen LogP contribution in [-0.2, 0) is 16.6 Å². The first-order chi connectivity index (χ1) is 13.2. The van der Waals surface area contributed by atoms with E-state index in [-0.39, 0.29) is 18.0 Å². The lowest BCUT2D eigenvalue weighted by atomic mass is 10.2. The van der Waals surface area contributed by atoms with E-state index in [9.17, 15) is 21.6 Å². The SMILES string of the molecule is O=S(=O)(NCCn1cc(-c2cccnc2)cn1)c1ccc(OC(F)(F)F)cc1. The molecule has 0 aliphatic rings. The van der Waals surface area contributed by atoms with Gasteiger partial charge in [0.25, 0.3) is 0 Å². The molecule has 0 saturated heterocycles. The van der Waals surface area contributed by atoms with Crippen molar-refractivity contribution in [2.75, 3.05) is 6.54 Å². The third-order valence-electron chi connectivity index (χ3n) is 3.63. The molecule has 28 heavy (non-hydrogen) atoms. The molecule has 1 N–H and O–H groups in total. The van der Waals surface area contributed by atoms with Gasteiger partial charge in [-0.05, 0) is 30.3 Å². The molecule has 3 rings (SSSR count). The summed E-state index contributed by atoms with van der Waals surface area (Å²) < 4.78 is 68.6. The molecular formula is C17H15F3N4O3S. The highest BCUT2D eigenvalue weighted by Gasteiger charge is 2.31. The van der Waals surface area contributed by atoms with Crippen LogP contribution >= 0.6 is 0 Å². The molecule has 0 radical (unpaired) electrons. The molecular weight excluding hydrogens is 397 g/mol. The molecule has 0 aliphatic carbocycles. The average molecular weight is 412 g/mol. The Morgan fingerprint density at radius 1 is 1.07 bits per heavy atom. The van der Waals surface area contributed by atoms with Crippen molar-refractivity contribution in [2.45, 2.75) is 17.8 Å². The molecule has 3 aromatic rings. The Labute approximate surface area is 158 Å². The Morgan fingerprint density at radius 2 is 1.82 bits per heavy atom. The Balaban J connectivity index is 1.57. The largest absolute Gasteiger partial charge is 0.573 e. The van der Waals surface area contributed by atoms with Crippen LogP contribution in [0.1, 0.15) is 0 Å². The van der Waals surface area contributed by atoms with E-state index in [0.717, 1.165) is 35.4 Å². The Morgan fingerprint density at radius 3 is 2.46 bits per heavy atom. The van der Waals surface area contributed by atoms with Crippen molar-refractivity contribution < 1.29 is 26.3 Å². The number of sulfonamides is 1. The number of halogens is 3. The predicted octanol–water partition coefficient (Wildman–Crippen LogP) is 2.82. The Bertz CT molecular complexity index is 1020. The van der Waals surface area contributed by atoms with Gasteiger partial charge >= 0.3 is 6.36 Å². The minimum absolute atomic E-state index is 0.0529. The first-order valence-electron chi connectivity index (χ1n) is 8.01. The first-order valence-corrected chi connectivity index (χ1v) is 9.50. The normalized spacial score (nSPS) is 12.1. The van der Waals surface area contributed by atoms with E-state index in [4.69, 9.17) is 0 Å². The standard InChI is InChI=1S/C17H15F3N4O3S/c18-17(19,20)27-15-3-5-16(6-4-15)28(25,26)23-8-9-24-12-14(11-22-24)13-2-1-7-21-10-13/h1-7,10-12,23H,8-9H2. The van der Waals surface area contributed by atoms with Crippen molar-refractivity contribution >= 4 is 10.0 Å². The van der Waals surface area contributed by atoms with Crippen molar-refractivity contribution in [1.29, 1.82) is 0 Å².